The van der Waals surface area contributed by atoms with E-state index < -0.39 is 6.23 Å². The van der Waals surface area contributed by atoms with Gasteiger partial charge < -0.3 is 15.2 Å². The molecule has 0 aliphatic rings. The third-order valence-electron chi connectivity index (χ3n) is 2.14. The Hall–Kier alpha value is -2.28. The van der Waals surface area contributed by atoms with Crippen molar-refractivity contribution in [3.63, 3.8) is 0 Å². The quantitative estimate of drug-likeness (QED) is 0.750. The van der Waals surface area contributed by atoms with Gasteiger partial charge in [0.05, 0.1) is 0 Å². The van der Waals surface area contributed by atoms with Crippen LogP contribution in [0, 0.1) is 0 Å². The van der Waals surface area contributed by atoms with Crippen LogP contribution in [0.5, 0.6) is 11.5 Å². The number of rotatable bonds is 4. The number of carbonyl (C=O) groups excluding carboxylic acids is 1. The van der Waals surface area contributed by atoms with Crippen LogP contribution < -0.4 is 15.4 Å². The summed E-state index contributed by atoms with van der Waals surface area (Å²) in [4.78, 5) is 15.5. The number of nitrogens with one attached hydrogen (secondary N) is 2. The molecule has 3 N–H and O–H groups in total. The van der Waals surface area contributed by atoms with E-state index in [0.717, 1.165) is 0 Å². The summed E-state index contributed by atoms with van der Waals surface area (Å²) >= 11 is 1.33. The molecule has 1 atom stereocenters. The third-order valence-corrected chi connectivity index (χ3v) is 2.83. The van der Waals surface area contributed by atoms with Crippen LogP contribution in [-0.2, 0) is 0 Å². The largest absolute Gasteiger partial charge is 0.508 e. The number of phenolic OH excluding ortho intramolecular Hbond substituents is 1. The SMILES string of the molecule is CC(NC(=O)Nc1nccs1)Oc1ccc(O)cc1. The van der Waals surface area contributed by atoms with Crippen LogP contribution in [0.15, 0.2) is 35.8 Å². The summed E-state index contributed by atoms with van der Waals surface area (Å²) in [6.45, 7) is 1.70. The average Bonchev–Trinajstić information content (AvgIpc) is 2.84. The molecule has 1 aromatic carbocycles. The van der Waals surface area contributed by atoms with Crippen molar-refractivity contribution >= 4 is 22.5 Å². The standard InChI is InChI=1S/C12H13N3O3S/c1-8(18-10-4-2-9(16)3-5-10)14-11(17)15-12-13-6-7-19-12/h2-8,16H,1H3,(H2,13,14,15,17). The first-order valence-electron chi connectivity index (χ1n) is 5.56. The lowest BCUT2D eigenvalue weighted by atomic mass is 10.3. The Bertz CT molecular complexity index is 528. The maximum atomic E-state index is 11.6. The summed E-state index contributed by atoms with van der Waals surface area (Å²) in [5.74, 6) is 0.717. The van der Waals surface area contributed by atoms with Crippen LogP contribution in [0.2, 0.25) is 0 Å². The Labute approximate surface area is 114 Å². The second kappa shape index (κ2) is 6.05. The molecule has 19 heavy (non-hydrogen) atoms. The lowest BCUT2D eigenvalue weighted by Crippen LogP contribution is -2.39. The predicted molar refractivity (Wildman–Crippen MR) is 72.5 cm³/mol. The molecular formula is C12H13N3O3S. The first-order chi connectivity index (χ1) is 9.13. The molecule has 7 heteroatoms. The Morgan fingerprint density at radius 1 is 1.42 bits per heavy atom. The number of amides is 2. The van der Waals surface area contributed by atoms with Gasteiger partial charge in [-0.2, -0.15) is 0 Å². The molecule has 2 aromatic rings. The van der Waals surface area contributed by atoms with Crippen molar-refractivity contribution < 1.29 is 14.6 Å². The maximum Gasteiger partial charge on any atom is 0.323 e. The summed E-state index contributed by atoms with van der Waals surface area (Å²) in [5, 5.41) is 16.6. The van der Waals surface area contributed by atoms with E-state index in [1.54, 1.807) is 30.6 Å². The minimum Gasteiger partial charge on any atom is -0.508 e. The van der Waals surface area contributed by atoms with E-state index in [4.69, 9.17) is 9.84 Å². The van der Waals surface area contributed by atoms with E-state index in [1.807, 2.05) is 0 Å². The number of hydrogen-bond donors (Lipinski definition) is 3. The molecule has 1 heterocycles. The average molecular weight is 279 g/mol. The number of phenols is 1. The number of nitrogens with zero attached hydrogens (tertiary/aromatic N) is 1. The highest BCUT2D eigenvalue weighted by atomic mass is 32.1. The molecule has 0 spiro atoms. The van der Waals surface area contributed by atoms with Gasteiger partial charge in [-0.3, -0.25) is 5.32 Å². The van der Waals surface area contributed by atoms with Crippen LogP contribution in [0.4, 0.5) is 9.93 Å². The van der Waals surface area contributed by atoms with Crippen molar-refractivity contribution in [2.45, 2.75) is 13.2 Å². The lowest BCUT2D eigenvalue weighted by Gasteiger charge is -2.16. The Balaban J connectivity index is 1.82. The first kappa shape index (κ1) is 13.2. The summed E-state index contributed by atoms with van der Waals surface area (Å²) in [7, 11) is 0. The monoisotopic (exact) mass is 279 g/mol. The number of hydrogen-bond acceptors (Lipinski definition) is 5. The van der Waals surface area contributed by atoms with Crippen molar-refractivity contribution in [1.82, 2.24) is 10.3 Å². The van der Waals surface area contributed by atoms with E-state index in [2.05, 4.69) is 15.6 Å². The second-order valence-corrected chi connectivity index (χ2v) is 4.58. The molecule has 0 radical (unpaired) electrons. The van der Waals surface area contributed by atoms with Crippen LogP contribution in [0.3, 0.4) is 0 Å². The summed E-state index contributed by atoms with van der Waals surface area (Å²) in [5.41, 5.74) is 0. The fourth-order valence-electron chi connectivity index (χ4n) is 1.36. The fourth-order valence-corrected chi connectivity index (χ4v) is 1.89. The topological polar surface area (TPSA) is 83.5 Å². The fraction of sp³-hybridized carbons (Fsp3) is 0.167. The lowest BCUT2D eigenvalue weighted by molar-refractivity contribution is 0.183. The molecule has 100 valence electrons. The van der Waals surface area contributed by atoms with Gasteiger partial charge in [-0.15, -0.1) is 11.3 Å². The summed E-state index contributed by atoms with van der Waals surface area (Å²) < 4.78 is 5.46. The molecule has 6 nitrogen and oxygen atoms in total. The smallest absolute Gasteiger partial charge is 0.323 e. The van der Waals surface area contributed by atoms with Crippen molar-refractivity contribution in [2.75, 3.05) is 5.32 Å². The predicted octanol–water partition coefficient (Wildman–Crippen LogP) is 2.40. The molecule has 1 unspecified atom stereocenters. The zero-order valence-corrected chi connectivity index (χ0v) is 11.0. The van der Waals surface area contributed by atoms with Gasteiger partial charge >= 0.3 is 6.03 Å². The molecular weight excluding hydrogens is 266 g/mol. The Morgan fingerprint density at radius 2 is 2.16 bits per heavy atom. The number of ether oxygens (including phenoxy) is 1. The van der Waals surface area contributed by atoms with Gasteiger partial charge in [0.25, 0.3) is 0 Å². The van der Waals surface area contributed by atoms with Gasteiger partial charge in [-0.25, -0.2) is 9.78 Å². The minimum atomic E-state index is -0.510. The Morgan fingerprint density at radius 3 is 2.79 bits per heavy atom. The van der Waals surface area contributed by atoms with Crippen molar-refractivity contribution in [1.29, 1.82) is 0 Å². The molecule has 0 bridgehead atoms. The van der Waals surface area contributed by atoms with Crippen molar-refractivity contribution in [3.05, 3.63) is 35.8 Å². The summed E-state index contributed by atoms with van der Waals surface area (Å²) in [6, 6.07) is 5.87. The van der Waals surface area contributed by atoms with E-state index >= 15 is 0 Å². The van der Waals surface area contributed by atoms with Gasteiger partial charge in [0.2, 0.25) is 0 Å². The summed E-state index contributed by atoms with van der Waals surface area (Å²) in [6.07, 6.45) is 1.10. The number of aromatic nitrogens is 1. The number of benzene rings is 1. The molecule has 0 fully saturated rings. The van der Waals surface area contributed by atoms with Gasteiger partial charge in [-0.05, 0) is 31.2 Å². The highest BCUT2D eigenvalue weighted by Crippen LogP contribution is 2.16. The number of urea groups is 1. The highest BCUT2D eigenvalue weighted by Gasteiger charge is 2.09. The van der Waals surface area contributed by atoms with E-state index in [0.29, 0.717) is 10.9 Å². The first-order valence-corrected chi connectivity index (χ1v) is 6.44. The van der Waals surface area contributed by atoms with E-state index in [9.17, 15) is 4.79 Å². The van der Waals surface area contributed by atoms with Gasteiger partial charge in [0.15, 0.2) is 11.4 Å². The molecule has 0 saturated heterocycles. The molecule has 1 aromatic heterocycles. The minimum absolute atomic E-state index is 0.162. The molecule has 0 aliphatic heterocycles. The second-order valence-electron chi connectivity index (χ2n) is 3.69. The van der Waals surface area contributed by atoms with Crippen molar-refractivity contribution in [2.24, 2.45) is 0 Å². The third kappa shape index (κ3) is 4.14. The molecule has 2 amide bonds. The van der Waals surface area contributed by atoms with Crippen LogP contribution in [0.25, 0.3) is 0 Å². The number of thiazole rings is 1. The van der Waals surface area contributed by atoms with Gasteiger partial charge in [-0.1, -0.05) is 0 Å². The zero-order chi connectivity index (χ0) is 13.7. The van der Waals surface area contributed by atoms with Crippen LogP contribution >= 0.6 is 11.3 Å². The van der Waals surface area contributed by atoms with Crippen molar-refractivity contribution in [3.8, 4) is 11.5 Å². The van der Waals surface area contributed by atoms with E-state index in [-0.39, 0.29) is 11.8 Å². The normalized spacial score (nSPS) is 11.6. The highest BCUT2D eigenvalue weighted by molar-refractivity contribution is 7.13. The number of anilines is 1. The molecule has 2 rings (SSSR count). The van der Waals surface area contributed by atoms with Crippen LogP contribution in [-0.4, -0.2) is 22.3 Å². The van der Waals surface area contributed by atoms with Crippen LogP contribution in [0.1, 0.15) is 6.92 Å². The zero-order valence-electron chi connectivity index (χ0n) is 10.2. The maximum absolute atomic E-state index is 11.6. The Kier molecular flexibility index (Phi) is 4.19. The van der Waals surface area contributed by atoms with Gasteiger partial charge in [0, 0.05) is 11.6 Å². The van der Waals surface area contributed by atoms with Gasteiger partial charge in [0.1, 0.15) is 11.5 Å². The molecule has 0 aliphatic carbocycles. The number of aromatic hydroxyl groups is 1. The van der Waals surface area contributed by atoms with E-state index in [1.165, 1.54) is 23.5 Å². The molecule has 0 saturated carbocycles. The number of carbonyl (C=O) groups is 1.